The Morgan fingerprint density at radius 3 is 2.54 bits per heavy atom. The number of carbonyl (C=O) groups is 2. The van der Waals surface area contributed by atoms with Crippen molar-refractivity contribution in [1.29, 1.82) is 0 Å². The summed E-state index contributed by atoms with van der Waals surface area (Å²) in [5.74, 6) is -0.692. The van der Waals surface area contributed by atoms with E-state index in [-0.39, 0.29) is 11.8 Å². The molecule has 70 valence electrons. The Hall–Kier alpha value is -1.07. The van der Waals surface area contributed by atoms with E-state index in [4.69, 9.17) is 11.6 Å². The highest BCUT2D eigenvalue weighted by atomic mass is 35.5. The Balaban J connectivity index is 2.54. The fraction of sp³-hybridized carbons (Fsp3) is 0.143. The lowest BCUT2D eigenvalue weighted by Crippen LogP contribution is -2.39. The van der Waals surface area contributed by atoms with Gasteiger partial charge in [-0.25, -0.2) is 0 Å². The fourth-order valence-corrected chi connectivity index (χ4v) is 1.58. The average Bonchev–Trinajstić information content (AvgIpc) is 2.47. The van der Waals surface area contributed by atoms with E-state index in [1.54, 1.807) is 12.1 Å². The maximum Gasteiger partial charge on any atom is 0.279 e. The zero-order chi connectivity index (χ0) is 9.84. The first-order valence-electron chi connectivity index (χ1n) is 3.42. The molecular weight excluding hydrogens is 212 g/mol. The summed E-state index contributed by atoms with van der Waals surface area (Å²) in [5, 5.41) is 0. The molecule has 0 saturated heterocycles. The Kier molecular flexibility index (Phi) is 3.27. The number of thiophene rings is 1. The number of halogens is 1. The lowest BCUT2D eigenvalue weighted by Gasteiger charge is -2.01. The summed E-state index contributed by atoms with van der Waals surface area (Å²) in [6.07, 6.45) is 0. The molecule has 0 bridgehead atoms. The maximum atomic E-state index is 11.2. The highest BCUT2D eigenvalue weighted by Gasteiger charge is 2.07. The first kappa shape index (κ1) is 10.0. The van der Waals surface area contributed by atoms with Crippen LogP contribution in [0.15, 0.2) is 12.1 Å². The molecule has 0 aliphatic rings. The maximum absolute atomic E-state index is 11.2. The minimum Gasteiger partial charge on any atom is -0.274 e. The zero-order valence-electron chi connectivity index (χ0n) is 6.76. The van der Waals surface area contributed by atoms with Crippen LogP contribution < -0.4 is 10.9 Å². The molecule has 1 rings (SSSR count). The van der Waals surface area contributed by atoms with Gasteiger partial charge in [-0.05, 0) is 12.1 Å². The number of nitrogens with one attached hydrogen (secondary N) is 2. The molecule has 1 aromatic heterocycles. The van der Waals surface area contributed by atoms with E-state index < -0.39 is 0 Å². The second-order valence-corrected chi connectivity index (χ2v) is 3.95. The van der Waals surface area contributed by atoms with Gasteiger partial charge in [-0.3, -0.25) is 20.4 Å². The molecule has 0 spiro atoms. The van der Waals surface area contributed by atoms with Crippen LogP contribution in [0.5, 0.6) is 0 Å². The number of amides is 2. The lowest BCUT2D eigenvalue weighted by molar-refractivity contribution is -0.119. The first-order valence-corrected chi connectivity index (χ1v) is 4.61. The van der Waals surface area contributed by atoms with Gasteiger partial charge in [0.25, 0.3) is 5.91 Å². The molecule has 1 aromatic rings. The third-order valence-electron chi connectivity index (χ3n) is 1.15. The number of hydrogen-bond acceptors (Lipinski definition) is 3. The van der Waals surface area contributed by atoms with Crippen LogP contribution in [0.2, 0.25) is 4.34 Å². The van der Waals surface area contributed by atoms with E-state index in [9.17, 15) is 9.59 Å². The molecule has 2 amide bonds. The molecule has 0 saturated carbocycles. The molecule has 0 fully saturated rings. The predicted octanol–water partition coefficient (Wildman–Crippen LogP) is 1.18. The number of hydrogen-bond donors (Lipinski definition) is 2. The normalized spacial score (nSPS) is 9.38. The fourth-order valence-electron chi connectivity index (χ4n) is 0.643. The highest BCUT2D eigenvalue weighted by Crippen LogP contribution is 2.20. The topological polar surface area (TPSA) is 58.2 Å². The molecule has 0 aliphatic carbocycles. The smallest absolute Gasteiger partial charge is 0.274 e. The van der Waals surface area contributed by atoms with Gasteiger partial charge >= 0.3 is 0 Å². The number of rotatable bonds is 1. The van der Waals surface area contributed by atoms with E-state index in [1.807, 2.05) is 0 Å². The molecule has 0 aliphatic heterocycles. The summed E-state index contributed by atoms with van der Waals surface area (Å²) in [6, 6.07) is 3.21. The second-order valence-electron chi connectivity index (χ2n) is 2.24. The molecule has 0 aromatic carbocycles. The Bertz CT molecular complexity index is 337. The number of hydrazine groups is 1. The second kappa shape index (κ2) is 4.25. The summed E-state index contributed by atoms with van der Waals surface area (Å²) in [6.45, 7) is 1.31. The van der Waals surface area contributed by atoms with Crippen LogP contribution in [0.25, 0.3) is 0 Å². The molecule has 0 radical (unpaired) electrons. The van der Waals surface area contributed by atoms with Crippen LogP contribution >= 0.6 is 22.9 Å². The Morgan fingerprint density at radius 2 is 2.08 bits per heavy atom. The number of carbonyl (C=O) groups excluding carboxylic acids is 2. The summed E-state index contributed by atoms with van der Waals surface area (Å²) < 4.78 is 0.535. The summed E-state index contributed by atoms with van der Waals surface area (Å²) >= 11 is 6.77. The third kappa shape index (κ3) is 3.04. The van der Waals surface area contributed by atoms with E-state index in [0.29, 0.717) is 9.21 Å². The summed E-state index contributed by atoms with van der Waals surface area (Å²) in [7, 11) is 0. The van der Waals surface area contributed by atoms with Crippen molar-refractivity contribution in [2.45, 2.75) is 6.92 Å². The van der Waals surface area contributed by atoms with E-state index in [0.717, 1.165) is 11.3 Å². The van der Waals surface area contributed by atoms with Crippen LogP contribution in [0, 0.1) is 0 Å². The Morgan fingerprint density at radius 1 is 1.38 bits per heavy atom. The molecule has 2 N–H and O–H groups in total. The van der Waals surface area contributed by atoms with Gasteiger partial charge in [-0.1, -0.05) is 11.6 Å². The Labute approximate surface area is 83.9 Å². The van der Waals surface area contributed by atoms with Gasteiger partial charge in [-0.2, -0.15) is 0 Å². The quantitative estimate of drug-likeness (QED) is 0.696. The lowest BCUT2D eigenvalue weighted by atomic mass is 10.4. The van der Waals surface area contributed by atoms with Gasteiger partial charge < -0.3 is 0 Å². The minimum absolute atomic E-state index is 0.323. The van der Waals surface area contributed by atoms with Crippen molar-refractivity contribution in [2.24, 2.45) is 0 Å². The van der Waals surface area contributed by atoms with Crippen LogP contribution in [0.3, 0.4) is 0 Å². The largest absolute Gasteiger partial charge is 0.279 e. The van der Waals surface area contributed by atoms with Gasteiger partial charge in [0, 0.05) is 6.92 Å². The molecule has 6 heteroatoms. The molecule has 0 unspecified atom stereocenters. The van der Waals surface area contributed by atoms with Crippen molar-refractivity contribution < 1.29 is 9.59 Å². The summed E-state index contributed by atoms with van der Waals surface area (Å²) in [4.78, 5) is 22.1. The SMILES string of the molecule is CC(=O)NNC(=O)c1ccc(Cl)s1. The van der Waals surface area contributed by atoms with Crippen molar-refractivity contribution in [3.63, 3.8) is 0 Å². The molecule has 4 nitrogen and oxygen atoms in total. The molecule has 13 heavy (non-hydrogen) atoms. The van der Waals surface area contributed by atoms with Crippen molar-refractivity contribution in [1.82, 2.24) is 10.9 Å². The van der Waals surface area contributed by atoms with Gasteiger partial charge in [0.2, 0.25) is 5.91 Å². The van der Waals surface area contributed by atoms with Gasteiger partial charge in [0.1, 0.15) is 0 Å². The van der Waals surface area contributed by atoms with Gasteiger partial charge in [-0.15, -0.1) is 11.3 Å². The van der Waals surface area contributed by atoms with E-state index in [2.05, 4.69) is 10.9 Å². The minimum atomic E-state index is -0.368. The van der Waals surface area contributed by atoms with Crippen LogP contribution in [-0.4, -0.2) is 11.8 Å². The van der Waals surface area contributed by atoms with E-state index in [1.165, 1.54) is 6.92 Å². The standard InChI is InChI=1S/C7H7ClN2O2S/c1-4(11)9-10-7(12)5-2-3-6(8)13-5/h2-3H,1H3,(H,9,11)(H,10,12). The van der Waals surface area contributed by atoms with Gasteiger partial charge in [0.15, 0.2) is 0 Å². The van der Waals surface area contributed by atoms with Crippen molar-refractivity contribution in [2.75, 3.05) is 0 Å². The van der Waals surface area contributed by atoms with Crippen LogP contribution in [0.4, 0.5) is 0 Å². The van der Waals surface area contributed by atoms with Crippen molar-refractivity contribution in [3.8, 4) is 0 Å². The van der Waals surface area contributed by atoms with Crippen molar-refractivity contribution >= 4 is 34.8 Å². The molecular formula is C7H7ClN2O2S. The highest BCUT2D eigenvalue weighted by molar-refractivity contribution is 7.17. The third-order valence-corrected chi connectivity index (χ3v) is 2.38. The summed E-state index contributed by atoms with van der Waals surface area (Å²) in [5.41, 5.74) is 4.40. The zero-order valence-corrected chi connectivity index (χ0v) is 8.33. The van der Waals surface area contributed by atoms with Crippen molar-refractivity contribution in [3.05, 3.63) is 21.3 Å². The molecule has 1 heterocycles. The first-order chi connectivity index (χ1) is 6.09. The van der Waals surface area contributed by atoms with Gasteiger partial charge in [0.05, 0.1) is 9.21 Å². The van der Waals surface area contributed by atoms with E-state index >= 15 is 0 Å². The van der Waals surface area contributed by atoms with Crippen LogP contribution in [0.1, 0.15) is 16.6 Å². The molecule has 0 atom stereocenters. The predicted molar refractivity (Wildman–Crippen MR) is 50.6 cm³/mol. The van der Waals surface area contributed by atoms with Crippen LogP contribution in [-0.2, 0) is 4.79 Å². The average molecular weight is 219 g/mol. The monoisotopic (exact) mass is 218 g/mol.